The van der Waals surface area contributed by atoms with E-state index >= 15 is 0 Å². The second-order valence-electron chi connectivity index (χ2n) is 5.06. The van der Waals surface area contributed by atoms with Crippen LogP contribution < -0.4 is 11.1 Å². The molecular weight excluding hydrogens is 244 g/mol. The number of carboxylic acid groups (broad SMARTS) is 1. The van der Waals surface area contributed by atoms with Crippen molar-refractivity contribution in [3.63, 3.8) is 0 Å². The molecule has 0 unspecified atom stereocenters. The van der Waals surface area contributed by atoms with Crippen LogP contribution in [0.4, 0.5) is 5.69 Å². The zero-order valence-corrected chi connectivity index (χ0v) is 10.7. The van der Waals surface area contributed by atoms with Gasteiger partial charge in [-0.25, -0.2) is 0 Å². The number of rotatable bonds is 5. The number of carbonyl (C=O) groups is 2. The number of primary amides is 1. The van der Waals surface area contributed by atoms with Gasteiger partial charge in [-0.1, -0.05) is 25.0 Å². The van der Waals surface area contributed by atoms with Gasteiger partial charge in [0.25, 0.3) is 5.91 Å². The van der Waals surface area contributed by atoms with Crippen molar-refractivity contribution in [1.82, 2.24) is 0 Å². The lowest BCUT2D eigenvalue weighted by atomic mass is 9.86. The smallest absolute Gasteiger partial charge is 0.311 e. The number of carboxylic acids is 1. The molecule has 1 aliphatic rings. The van der Waals surface area contributed by atoms with Crippen LogP contribution in [-0.4, -0.2) is 23.5 Å². The number of carbonyl (C=O) groups excluding carboxylic acids is 1. The average molecular weight is 262 g/mol. The van der Waals surface area contributed by atoms with Gasteiger partial charge in [0.1, 0.15) is 0 Å². The zero-order valence-electron chi connectivity index (χ0n) is 10.7. The number of nitrogens with one attached hydrogen (secondary N) is 1. The molecule has 0 saturated heterocycles. The lowest BCUT2D eigenvalue weighted by Gasteiger charge is -2.25. The lowest BCUT2D eigenvalue weighted by molar-refractivity contribution is -0.147. The first-order valence-electron chi connectivity index (χ1n) is 6.41. The molecule has 1 aliphatic carbocycles. The Balaban J connectivity index is 2.14. The fraction of sp³-hybridized carbons (Fsp3) is 0.429. The molecule has 5 heteroatoms. The van der Waals surface area contributed by atoms with Crippen LogP contribution in [0.15, 0.2) is 24.3 Å². The van der Waals surface area contributed by atoms with Crippen LogP contribution in [0.5, 0.6) is 0 Å². The van der Waals surface area contributed by atoms with Gasteiger partial charge in [0.05, 0.1) is 11.0 Å². The molecule has 0 heterocycles. The Labute approximate surface area is 111 Å². The van der Waals surface area contributed by atoms with Gasteiger partial charge in [-0.3, -0.25) is 9.59 Å². The number of benzene rings is 1. The summed E-state index contributed by atoms with van der Waals surface area (Å²) in [6.45, 7) is 0.326. The second kappa shape index (κ2) is 5.30. The van der Waals surface area contributed by atoms with Gasteiger partial charge in [0.2, 0.25) is 0 Å². The molecule has 0 bridgehead atoms. The summed E-state index contributed by atoms with van der Waals surface area (Å²) in [5, 5.41) is 12.5. The first-order chi connectivity index (χ1) is 9.05. The minimum atomic E-state index is -0.769. The van der Waals surface area contributed by atoms with E-state index in [9.17, 15) is 14.7 Å². The van der Waals surface area contributed by atoms with Crippen molar-refractivity contribution in [2.45, 2.75) is 25.7 Å². The third-order valence-corrected chi connectivity index (χ3v) is 3.82. The maximum absolute atomic E-state index is 11.4. The Morgan fingerprint density at radius 3 is 2.47 bits per heavy atom. The Morgan fingerprint density at radius 2 is 1.89 bits per heavy atom. The lowest BCUT2D eigenvalue weighted by Crippen LogP contribution is -2.35. The first-order valence-corrected chi connectivity index (χ1v) is 6.41. The van der Waals surface area contributed by atoms with E-state index in [1.807, 2.05) is 0 Å². The monoisotopic (exact) mass is 262 g/mol. The fourth-order valence-corrected chi connectivity index (χ4v) is 2.63. The van der Waals surface area contributed by atoms with E-state index in [1.165, 1.54) is 0 Å². The second-order valence-corrected chi connectivity index (χ2v) is 5.06. The van der Waals surface area contributed by atoms with E-state index in [2.05, 4.69) is 5.32 Å². The molecule has 0 aliphatic heterocycles. The highest BCUT2D eigenvalue weighted by Gasteiger charge is 2.41. The third kappa shape index (κ3) is 2.70. The quantitative estimate of drug-likeness (QED) is 0.755. The Morgan fingerprint density at radius 1 is 1.26 bits per heavy atom. The third-order valence-electron chi connectivity index (χ3n) is 3.82. The van der Waals surface area contributed by atoms with Crippen molar-refractivity contribution in [3.05, 3.63) is 29.8 Å². The van der Waals surface area contributed by atoms with E-state index in [-0.39, 0.29) is 0 Å². The normalized spacial score (nSPS) is 17.1. The Bertz CT molecular complexity index is 493. The van der Waals surface area contributed by atoms with Crippen LogP contribution in [0, 0.1) is 5.41 Å². The maximum atomic E-state index is 11.4. The minimum absolute atomic E-state index is 0.326. The molecule has 1 aromatic rings. The summed E-state index contributed by atoms with van der Waals surface area (Å²) in [6.07, 6.45) is 3.22. The molecule has 0 radical (unpaired) electrons. The van der Waals surface area contributed by atoms with Gasteiger partial charge in [0, 0.05) is 12.2 Å². The molecule has 0 spiro atoms. The number of hydrogen-bond acceptors (Lipinski definition) is 3. The van der Waals surface area contributed by atoms with Crippen molar-refractivity contribution in [1.29, 1.82) is 0 Å². The highest BCUT2D eigenvalue weighted by molar-refractivity contribution is 5.98. The molecule has 0 aromatic heterocycles. The molecule has 0 atom stereocenters. The van der Waals surface area contributed by atoms with Crippen LogP contribution in [0.3, 0.4) is 0 Å². The molecule has 1 saturated carbocycles. The number of para-hydroxylation sites is 1. The van der Waals surface area contributed by atoms with E-state index in [1.54, 1.807) is 24.3 Å². The highest BCUT2D eigenvalue weighted by Crippen LogP contribution is 2.38. The summed E-state index contributed by atoms with van der Waals surface area (Å²) < 4.78 is 0. The topological polar surface area (TPSA) is 92.4 Å². The van der Waals surface area contributed by atoms with Crippen LogP contribution in [0.2, 0.25) is 0 Å². The van der Waals surface area contributed by atoms with E-state index in [0.717, 1.165) is 12.8 Å². The summed E-state index contributed by atoms with van der Waals surface area (Å²) in [5.41, 5.74) is 5.57. The van der Waals surface area contributed by atoms with Gasteiger partial charge in [-0.2, -0.15) is 0 Å². The van der Waals surface area contributed by atoms with E-state index in [4.69, 9.17) is 5.73 Å². The molecule has 1 aromatic carbocycles. The summed E-state index contributed by atoms with van der Waals surface area (Å²) in [5.74, 6) is -1.28. The molecule has 1 amide bonds. The van der Waals surface area contributed by atoms with Crippen LogP contribution >= 0.6 is 0 Å². The SMILES string of the molecule is NC(=O)c1ccccc1NCC1(C(=O)O)CCCC1. The standard InChI is InChI=1S/C14H18N2O3/c15-12(17)10-5-1-2-6-11(10)16-9-14(13(18)19)7-3-4-8-14/h1-2,5-6,16H,3-4,7-9H2,(H2,15,17)(H,18,19). The van der Waals surface area contributed by atoms with Crippen LogP contribution in [0.25, 0.3) is 0 Å². The maximum Gasteiger partial charge on any atom is 0.311 e. The summed E-state index contributed by atoms with van der Waals surface area (Å²) in [6, 6.07) is 6.89. The van der Waals surface area contributed by atoms with Gasteiger partial charge in [-0.05, 0) is 25.0 Å². The van der Waals surface area contributed by atoms with Gasteiger partial charge in [-0.15, -0.1) is 0 Å². The van der Waals surface area contributed by atoms with Crippen molar-refractivity contribution >= 4 is 17.6 Å². The largest absolute Gasteiger partial charge is 0.481 e. The van der Waals surface area contributed by atoms with Gasteiger partial charge in [0.15, 0.2) is 0 Å². The summed E-state index contributed by atoms with van der Waals surface area (Å²) in [4.78, 5) is 22.7. The number of anilines is 1. The van der Waals surface area contributed by atoms with E-state index in [0.29, 0.717) is 30.6 Å². The summed E-state index contributed by atoms with van der Waals surface area (Å²) in [7, 11) is 0. The number of hydrogen-bond donors (Lipinski definition) is 3. The molecule has 19 heavy (non-hydrogen) atoms. The van der Waals surface area contributed by atoms with Crippen LogP contribution in [0.1, 0.15) is 36.0 Å². The van der Waals surface area contributed by atoms with Crippen molar-refractivity contribution < 1.29 is 14.7 Å². The molecule has 4 N–H and O–H groups in total. The molecule has 5 nitrogen and oxygen atoms in total. The Kier molecular flexibility index (Phi) is 3.74. The van der Waals surface area contributed by atoms with Gasteiger partial charge >= 0.3 is 5.97 Å². The minimum Gasteiger partial charge on any atom is -0.481 e. The predicted octanol–water partition coefficient (Wildman–Crippen LogP) is 1.84. The first kappa shape index (κ1) is 13.4. The highest BCUT2D eigenvalue weighted by atomic mass is 16.4. The van der Waals surface area contributed by atoms with E-state index < -0.39 is 17.3 Å². The zero-order chi connectivity index (χ0) is 13.9. The predicted molar refractivity (Wildman–Crippen MR) is 72.0 cm³/mol. The Hall–Kier alpha value is -2.04. The van der Waals surface area contributed by atoms with Crippen molar-refractivity contribution in [3.8, 4) is 0 Å². The molecule has 102 valence electrons. The number of nitrogens with two attached hydrogens (primary N) is 1. The number of aliphatic carboxylic acids is 1. The number of amides is 1. The average Bonchev–Trinajstić information content (AvgIpc) is 2.86. The molecule has 2 rings (SSSR count). The van der Waals surface area contributed by atoms with Crippen molar-refractivity contribution in [2.75, 3.05) is 11.9 Å². The van der Waals surface area contributed by atoms with Gasteiger partial charge < -0.3 is 16.2 Å². The summed E-state index contributed by atoms with van der Waals surface area (Å²) >= 11 is 0. The molecule has 1 fully saturated rings. The fourth-order valence-electron chi connectivity index (χ4n) is 2.63. The molecular formula is C14H18N2O3. The van der Waals surface area contributed by atoms with Crippen molar-refractivity contribution in [2.24, 2.45) is 11.1 Å². The van der Waals surface area contributed by atoms with Crippen LogP contribution in [-0.2, 0) is 4.79 Å².